The predicted molar refractivity (Wildman–Crippen MR) is 110 cm³/mol. The van der Waals surface area contributed by atoms with Crippen LogP contribution in [-0.4, -0.2) is 29.6 Å². The highest BCUT2D eigenvalue weighted by molar-refractivity contribution is 8.00. The van der Waals surface area contributed by atoms with Crippen LogP contribution in [0.2, 0.25) is 0 Å². The van der Waals surface area contributed by atoms with Gasteiger partial charge in [0.25, 0.3) is 0 Å². The van der Waals surface area contributed by atoms with E-state index in [0.717, 1.165) is 27.6 Å². The first-order chi connectivity index (χ1) is 13.2. The van der Waals surface area contributed by atoms with Crippen molar-refractivity contribution in [2.45, 2.75) is 11.8 Å². The van der Waals surface area contributed by atoms with Gasteiger partial charge in [-0.25, -0.2) is 5.43 Å². The zero-order chi connectivity index (χ0) is 19.1. The predicted octanol–water partition coefficient (Wildman–Crippen LogP) is 4.04. The highest BCUT2D eigenvalue weighted by Gasteiger charge is 2.04. The Kier molecular flexibility index (Phi) is 6.33. The third kappa shape index (κ3) is 5.24. The van der Waals surface area contributed by atoms with Gasteiger partial charge in [-0.2, -0.15) is 5.10 Å². The molecule has 1 N–H and O–H groups in total. The van der Waals surface area contributed by atoms with Crippen LogP contribution in [-0.2, 0) is 4.79 Å². The molecule has 1 aromatic heterocycles. The van der Waals surface area contributed by atoms with Gasteiger partial charge in [0, 0.05) is 28.0 Å². The molecule has 6 heteroatoms. The van der Waals surface area contributed by atoms with Gasteiger partial charge in [-0.05, 0) is 49.4 Å². The van der Waals surface area contributed by atoms with Gasteiger partial charge in [-0.1, -0.05) is 18.2 Å². The van der Waals surface area contributed by atoms with Crippen LogP contribution in [0.5, 0.6) is 5.75 Å². The number of carbonyl (C=O) groups is 1. The number of aromatic nitrogens is 1. The van der Waals surface area contributed by atoms with Gasteiger partial charge in [0.2, 0.25) is 5.91 Å². The Morgan fingerprint density at radius 2 is 1.93 bits per heavy atom. The van der Waals surface area contributed by atoms with Gasteiger partial charge in [-0.15, -0.1) is 11.8 Å². The smallest absolute Gasteiger partial charge is 0.250 e. The number of benzene rings is 2. The molecule has 0 aliphatic carbocycles. The molecule has 138 valence electrons. The number of rotatable bonds is 7. The maximum Gasteiger partial charge on any atom is 0.250 e. The van der Waals surface area contributed by atoms with E-state index in [0.29, 0.717) is 5.75 Å². The van der Waals surface area contributed by atoms with Crippen molar-refractivity contribution in [3.63, 3.8) is 0 Å². The molecule has 3 aromatic rings. The quantitative estimate of drug-likeness (QED) is 0.383. The SMILES string of the molecule is COc1ccc(SCC(=O)N/N=C/c2cc(C)n(-c3ccccc3)c2)cc1. The maximum atomic E-state index is 11.9. The van der Waals surface area contributed by atoms with E-state index in [9.17, 15) is 4.79 Å². The average Bonchev–Trinajstić information content (AvgIpc) is 3.08. The lowest BCUT2D eigenvalue weighted by molar-refractivity contribution is -0.118. The second-order valence-electron chi connectivity index (χ2n) is 5.88. The van der Waals surface area contributed by atoms with Crippen LogP contribution in [0.4, 0.5) is 0 Å². The van der Waals surface area contributed by atoms with Gasteiger partial charge in [0.05, 0.1) is 19.1 Å². The summed E-state index contributed by atoms with van der Waals surface area (Å²) in [6.07, 6.45) is 3.65. The van der Waals surface area contributed by atoms with Crippen LogP contribution in [0.15, 0.2) is 76.9 Å². The highest BCUT2D eigenvalue weighted by atomic mass is 32.2. The number of hydrogen-bond donors (Lipinski definition) is 1. The second kappa shape index (κ2) is 9.09. The van der Waals surface area contributed by atoms with E-state index in [2.05, 4.69) is 15.1 Å². The molecule has 0 saturated carbocycles. The van der Waals surface area contributed by atoms with Crippen molar-refractivity contribution in [3.8, 4) is 11.4 Å². The fraction of sp³-hybridized carbons (Fsp3) is 0.143. The van der Waals surface area contributed by atoms with E-state index in [4.69, 9.17) is 4.74 Å². The van der Waals surface area contributed by atoms with E-state index < -0.39 is 0 Å². The van der Waals surface area contributed by atoms with E-state index in [-0.39, 0.29) is 5.91 Å². The molecule has 27 heavy (non-hydrogen) atoms. The van der Waals surface area contributed by atoms with Crippen molar-refractivity contribution in [1.29, 1.82) is 0 Å². The molecule has 0 spiro atoms. The second-order valence-corrected chi connectivity index (χ2v) is 6.93. The number of nitrogens with zero attached hydrogens (tertiary/aromatic N) is 2. The molecular formula is C21H21N3O2S. The zero-order valence-corrected chi connectivity index (χ0v) is 16.1. The number of amides is 1. The first-order valence-corrected chi connectivity index (χ1v) is 9.47. The number of carbonyl (C=O) groups excluding carboxylic acids is 1. The Hall–Kier alpha value is -2.99. The summed E-state index contributed by atoms with van der Waals surface area (Å²) in [5.74, 6) is 0.950. The number of ether oxygens (including phenoxy) is 1. The Morgan fingerprint density at radius 1 is 1.19 bits per heavy atom. The van der Waals surface area contributed by atoms with Crippen LogP contribution in [0.1, 0.15) is 11.3 Å². The Balaban J connectivity index is 1.52. The summed E-state index contributed by atoms with van der Waals surface area (Å²) in [7, 11) is 1.63. The topological polar surface area (TPSA) is 55.6 Å². The Labute approximate surface area is 163 Å². The van der Waals surface area contributed by atoms with E-state index in [1.165, 1.54) is 11.8 Å². The third-order valence-electron chi connectivity index (χ3n) is 3.90. The van der Waals surface area contributed by atoms with Crippen LogP contribution in [0.3, 0.4) is 0 Å². The molecule has 0 radical (unpaired) electrons. The largest absolute Gasteiger partial charge is 0.497 e. The lowest BCUT2D eigenvalue weighted by Gasteiger charge is -2.04. The first-order valence-electron chi connectivity index (χ1n) is 8.49. The summed E-state index contributed by atoms with van der Waals surface area (Å²) < 4.78 is 7.20. The fourth-order valence-corrected chi connectivity index (χ4v) is 3.26. The molecule has 0 saturated heterocycles. The van der Waals surface area contributed by atoms with Crippen molar-refractivity contribution in [3.05, 3.63) is 78.1 Å². The minimum absolute atomic E-state index is 0.147. The molecular weight excluding hydrogens is 358 g/mol. The summed E-state index contributed by atoms with van der Waals surface area (Å²) >= 11 is 1.45. The summed E-state index contributed by atoms with van der Waals surface area (Å²) in [6.45, 7) is 2.04. The molecule has 0 aliphatic rings. The highest BCUT2D eigenvalue weighted by Crippen LogP contribution is 2.21. The lowest BCUT2D eigenvalue weighted by Crippen LogP contribution is -2.19. The molecule has 0 fully saturated rings. The lowest BCUT2D eigenvalue weighted by atomic mass is 10.3. The van der Waals surface area contributed by atoms with Crippen molar-refractivity contribution >= 4 is 23.9 Å². The van der Waals surface area contributed by atoms with Crippen LogP contribution < -0.4 is 10.2 Å². The van der Waals surface area contributed by atoms with E-state index in [1.54, 1.807) is 13.3 Å². The summed E-state index contributed by atoms with van der Waals surface area (Å²) in [4.78, 5) is 13.0. The molecule has 0 unspecified atom stereocenters. The zero-order valence-electron chi connectivity index (χ0n) is 15.3. The number of hydrogen-bond acceptors (Lipinski definition) is 4. The average molecular weight is 379 g/mol. The normalized spacial score (nSPS) is 10.9. The van der Waals surface area contributed by atoms with Crippen molar-refractivity contribution in [2.24, 2.45) is 5.10 Å². The van der Waals surface area contributed by atoms with E-state index >= 15 is 0 Å². The molecule has 1 heterocycles. The third-order valence-corrected chi connectivity index (χ3v) is 4.91. The van der Waals surface area contributed by atoms with E-state index in [1.807, 2.05) is 73.8 Å². The van der Waals surface area contributed by atoms with Crippen LogP contribution in [0.25, 0.3) is 5.69 Å². The number of thioether (sulfide) groups is 1. The molecule has 1 amide bonds. The Bertz CT molecular complexity index is 918. The Morgan fingerprint density at radius 3 is 2.63 bits per heavy atom. The number of nitrogens with one attached hydrogen (secondary N) is 1. The van der Waals surface area contributed by atoms with Gasteiger partial charge >= 0.3 is 0 Å². The summed E-state index contributed by atoms with van der Waals surface area (Å²) in [5, 5.41) is 4.06. The van der Waals surface area contributed by atoms with Crippen molar-refractivity contribution in [1.82, 2.24) is 9.99 Å². The minimum atomic E-state index is -0.147. The summed E-state index contributed by atoms with van der Waals surface area (Å²) in [6, 6.07) is 19.7. The van der Waals surface area contributed by atoms with Crippen molar-refractivity contribution in [2.75, 3.05) is 12.9 Å². The first kappa shape index (κ1) is 18.8. The van der Waals surface area contributed by atoms with Gasteiger partial charge in [0.1, 0.15) is 5.75 Å². The minimum Gasteiger partial charge on any atom is -0.497 e. The fourth-order valence-electron chi connectivity index (χ4n) is 2.57. The number of hydrazone groups is 1. The molecule has 0 bridgehead atoms. The molecule has 0 aliphatic heterocycles. The van der Waals surface area contributed by atoms with Crippen molar-refractivity contribution < 1.29 is 9.53 Å². The van der Waals surface area contributed by atoms with Crippen LogP contribution >= 0.6 is 11.8 Å². The van der Waals surface area contributed by atoms with Gasteiger partial charge in [0.15, 0.2) is 0 Å². The number of aryl methyl sites for hydroxylation is 1. The van der Waals surface area contributed by atoms with Gasteiger partial charge < -0.3 is 9.30 Å². The molecule has 3 rings (SSSR count). The van der Waals surface area contributed by atoms with Crippen LogP contribution in [0, 0.1) is 6.92 Å². The molecule has 0 atom stereocenters. The maximum absolute atomic E-state index is 11.9. The molecule has 5 nitrogen and oxygen atoms in total. The monoisotopic (exact) mass is 379 g/mol. The number of para-hydroxylation sites is 1. The van der Waals surface area contributed by atoms with Gasteiger partial charge in [-0.3, -0.25) is 4.79 Å². The standard InChI is InChI=1S/C21H21N3O2S/c1-16-12-17(14-24(16)18-6-4-3-5-7-18)13-22-23-21(25)15-27-20-10-8-19(26-2)9-11-20/h3-14H,15H2,1-2H3,(H,23,25)/b22-13+. The summed E-state index contributed by atoms with van der Waals surface area (Å²) in [5.41, 5.74) is 5.69. The number of methoxy groups -OCH3 is 1. The molecule has 2 aromatic carbocycles.